The Kier molecular flexibility index (Phi) is 4.76. The number of aromatic nitrogens is 2. The normalized spacial score (nSPS) is 12.1. The van der Waals surface area contributed by atoms with Crippen LogP contribution in [0, 0.1) is 10.6 Å². The van der Waals surface area contributed by atoms with E-state index in [2.05, 4.69) is 10.3 Å². The Morgan fingerprint density at radius 1 is 1.24 bits per heavy atom. The zero-order chi connectivity index (χ0) is 18.0. The van der Waals surface area contributed by atoms with E-state index in [9.17, 15) is 14.0 Å². The van der Waals surface area contributed by atoms with Gasteiger partial charge in [0, 0.05) is 12.1 Å². The molecule has 25 heavy (non-hydrogen) atoms. The van der Waals surface area contributed by atoms with Gasteiger partial charge in [-0.15, -0.1) is 0 Å². The Balaban J connectivity index is 1.88. The molecule has 7 heteroatoms. The maximum absolute atomic E-state index is 13.6. The summed E-state index contributed by atoms with van der Waals surface area (Å²) in [5, 5.41) is 3.09. The third-order valence-electron chi connectivity index (χ3n) is 4.01. The van der Waals surface area contributed by atoms with E-state index in [-0.39, 0.29) is 16.9 Å². The molecule has 3 rings (SSSR count). The largest absolute Gasteiger partial charge is 0.350 e. The summed E-state index contributed by atoms with van der Waals surface area (Å²) in [6.45, 7) is 1.62. The fraction of sp³-hybridized carbons (Fsp3) is 0.167. The first-order chi connectivity index (χ1) is 12.0. The van der Waals surface area contributed by atoms with Crippen LogP contribution in [0.15, 0.2) is 53.3 Å². The van der Waals surface area contributed by atoms with Crippen molar-refractivity contribution in [3.63, 3.8) is 0 Å². The van der Waals surface area contributed by atoms with Crippen LogP contribution in [0.4, 0.5) is 4.39 Å². The number of halogens is 1. The van der Waals surface area contributed by atoms with Gasteiger partial charge in [-0.25, -0.2) is 4.39 Å². The van der Waals surface area contributed by atoms with E-state index in [1.807, 2.05) is 0 Å². The zero-order valence-electron chi connectivity index (χ0n) is 13.5. The van der Waals surface area contributed by atoms with Crippen LogP contribution in [0.5, 0.6) is 0 Å². The van der Waals surface area contributed by atoms with Crippen molar-refractivity contribution in [3.8, 4) is 0 Å². The van der Waals surface area contributed by atoms with E-state index in [4.69, 9.17) is 12.2 Å². The Hall–Kier alpha value is -2.80. The van der Waals surface area contributed by atoms with Crippen molar-refractivity contribution in [2.24, 2.45) is 0 Å². The molecule has 0 saturated carbocycles. The van der Waals surface area contributed by atoms with Gasteiger partial charge in [0.05, 0.1) is 10.9 Å². The predicted octanol–water partition coefficient (Wildman–Crippen LogP) is 3.08. The molecular formula is C18H16FN3O2S. The number of fused-ring (bicyclic) bond motifs is 1. The first-order valence-electron chi connectivity index (χ1n) is 7.73. The number of carbonyl (C=O) groups is 1. The van der Waals surface area contributed by atoms with E-state index in [1.54, 1.807) is 49.4 Å². The van der Waals surface area contributed by atoms with Gasteiger partial charge in [0.2, 0.25) is 5.91 Å². The van der Waals surface area contributed by atoms with Crippen molar-refractivity contribution in [1.29, 1.82) is 0 Å². The fourth-order valence-electron chi connectivity index (χ4n) is 2.62. The van der Waals surface area contributed by atoms with Crippen LogP contribution < -0.4 is 10.9 Å². The van der Waals surface area contributed by atoms with E-state index >= 15 is 0 Å². The molecule has 1 atom stereocenters. The van der Waals surface area contributed by atoms with Crippen molar-refractivity contribution in [3.05, 3.63) is 75.0 Å². The lowest BCUT2D eigenvalue weighted by Crippen LogP contribution is -2.36. The molecule has 0 unspecified atom stereocenters. The molecule has 0 aliphatic rings. The lowest BCUT2D eigenvalue weighted by Gasteiger charge is -2.16. The first-order valence-corrected chi connectivity index (χ1v) is 8.14. The number of nitrogens with zero attached hydrogens (tertiary/aromatic N) is 1. The van der Waals surface area contributed by atoms with Gasteiger partial charge in [-0.05, 0) is 37.3 Å². The molecule has 5 nitrogen and oxygen atoms in total. The molecule has 1 aromatic heterocycles. The molecule has 1 heterocycles. The Morgan fingerprint density at radius 3 is 2.68 bits per heavy atom. The summed E-state index contributed by atoms with van der Waals surface area (Å²) in [4.78, 5) is 28.0. The molecule has 3 aromatic rings. The molecular weight excluding hydrogens is 341 g/mol. The highest BCUT2D eigenvalue weighted by Crippen LogP contribution is 2.11. The van der Waals surface area contributed by atoms with Crippen molar-refractivity contribution < 1.29 is 9.18 Å². The van der Waals surface area contributed by atoms with Crippen molar-refractivity contribution in [2.45, 2.75) is 19.5 Å². The summed E-state index contributed by atoms with van der Waals surface area (Å²) in [6.07, 6.45) is 0. The molecule has 1 amide bonds. The summed E-state index contributed by atoms with van der Waals surface area (Å²) in [5.41, 5.74) is 0.652. The number of nitrogens with one attached hydrogen (secondary N) is 2. The Morgan fingerprint density at radius 2 is 1.92 bits per heavy atom. The van der Waals surface area contributed by atoms with Gasteiger partial charge in [0.25, 0.3) is 5.56 Å². The van der Waals surface area contributed by atoms with Crippen LogP contribution in [-0.2, 0) is 11.3 Å². The summed E-state index contributed by atoms with van der Waals surface area (Å²) in [5.74, 6) is -0.809. The Labute approximate surface area is 148 Å². The smallest absolute Gasteiger partial charge is 0.262 e. The summed E-state index contributed by atoms with van der Waals surface area (Å²) in [6, 6.07) is 12.3. The minimum absolute atomic E-state index is 0.0364. The molecule has 0 bridgehead atoms. The second-order valence-electron chi connectivity index (χ2n) is 5.64. The monoisotopic (exact) mass is 357 g/mol. The topological polar surface area (TPSA) is 66.9 Å². The molecule has 0 fully saturated rings. The molecule has 2 N–H and O–H groups in total. The number of hydrogen-bond donors (Lipinski definition) is 2. The third kappa shape index (κ3) is 3.36. The SMILES string of the molecule is C[C@H](C(=O)NCc1ccccc1F)n1c(=S)[nH]c2ccccc2c1=O. The highest BCUT2D eigenvalue weighted by molar-refractivity contribution is 7.71. The van der Waals surface area contributed by atoms with Gasteiger partial charge in [0.15, 0.2) is 4.77 Å². The van der Waals surface area contributed by atoms with Crippen LogP contribution in [0.2, 0.25) is 0 Å². The van der Waals surface area contributed by atoms with Gasteiger partial charge in [-0.2, -0.15) is 0 Å². The van der Waals surface area contributed by atoms with Gasteiger partial charge in [-0.1, -0.05) is 30.3 Å². The van der Waals surface area contributed by atoms with Gasteiger partial charge < -0.3 is 10.3 Å². The van der Waals surface area contributed by atoms with Crippen LogP contribution in [-0.4, -0.2) is 15.5 Å². The van der Waals surface area contributed by atoms with Gasteiger partial charge in [0.1, 0.15) is 11.9 Å². The molecule has 0 spiro atoms. The second-order valence-corrected chi connectivity index (χ2v) is 6.02. The number of para-hydroxylation sites is 1. The number of rotatable bonds is 4. The van der Waals surface area contributed by atoms with E-state index < -0.39 is 17.8 Å². The third-order valence-corrected chi connectivity index (χ3v) is 4.31. The number of carbonyl (C=O) groups excluding carboxylic acids is 1. The van der Waals surface area contributed by atoms with E-state index in [0.29, 0.717) is 16.5 Å². The molecule has 0 radical (unpaired) electrons. The molecule has 0 aliphatic heterocycles. The fourth-order valence-corrected chi connectivity index (χ4v) is 2.97. The second kappa shape index (κ2) is 6.98. The highest BCUT2D eigenvalue weighted by atomic mass is 32.1. The lowest BCUT2D eigenvalue weighted by atomic mass is 10.2. The molecule has 0 aliphatic carbocycles. The first kappa shape index (κ1) is 17.0. The predicted molar refractivity (Wildman–Crippen MR) is 96.4 cm³/mol. The Bertz CT molecular complexity index is 1060. The quantitative estimate of drug-likeness (QED) is 0.705. The van der Waals surface area contributed by atoms with Gasteiger partial charge in [-0.3, -0.25) is 14.2 Å². The standard InChI is InChI=1S/C18H16FN3O2S/c1-11(16(23)20-10-12-6-2-4-8-14(12)19)22-17(24)13-7-3-5-9-15(13)21-18(22)25/h2-9,11H,10H2,1H3,(H,20,23)(H,21,25)/t11-/m1/s1. The highest BCUT2D eigenvalue weighted by Gasteiger charge is 2.19. The number of amides is 1. The zero-order valence-corrected chi connectivity index (χ0v) is 14.3. The molecule has 128 valence electrons. The summed E-state index contributed by atoms with van der Waals surface area (Å²) in [7, 11) is 0. The van der Waals surface area contributed by atoms with Crippen LogP contribution in [0.1, 0.15) is 18.5 Å². The van der Waals surface area contributed by atoms with Crippen molar-refractivity contribution in [2.75, 3.05) is 0 Å². The van der Waals surface area contributed by atoms with Crippen LogP contribution in [0.25, 0.3) is 10.9 Å². The van der Waals surface area contributed by atoms with E-state index in [0.717, 1.165) is 0 Å². The summed E-state index contributed by atoms with van der Waals surface area (Å²) < 4.78 is 15.0. The minimum Gasteiger partial charge on any atom is -0.350 e. The van der Waals surface area contributed by atoms with E-state index in [1.165, 1.54) is 10.6 Å². The van der Waals surface area contributed by atoms with Crippen LogP contribution in [0.3, 0.4) is 0 Å². The van der Waals surface area contributed by atoms with Crippen molar-refractivity contribution in [1.82, 2.24) is 14.9 Å². The maximum Gasteiger partial charge on any atom is 0.262 e. The summed E-state index contributed by atoms with van der Waals surface area (Å²) >= 11 is 5.23. The minimum atomic E-state index is -0.826. The maximum atomic E-state index is 13.6. The van der Waals surface area contributed by atoms with Gasteiger partial charge >= 0.3 is 0 Å². The lowest BCUT2D eigenvalue weighted by molar-refractivity contribution is -0.124. The molecule has 2 aromatic carbocycles. The number of hydrogen-bond acceptors (Lipinski definition) is 3. The molecule has 0 saturated heterocycles. The number of benzene rings is 2. The average Bonchev–Trinajstić information content (AvgIpc) is 2.60. The number of H-pyrrole nitrogens is 1. The number of aromatic amines is 1. The van der Waals surface area contributed by atoms with Crippen LogP contribution >= 0.6 is 12.2 Å². The average molecular weight is 357 g/mol. The van der Waals surface area contributed by atoms with Crippen molar-refractivity contribution >= 4 is 29.0 Å².